The van der Waals surface area contributed by atoms with Crippen molar-refractivity contribution >= 4 is 23.7 Å². The van der Waals surface area contributed by atoms with Gasteiger partial charge in [0.25, 0.3) is 0 Å². The molecule has 2 amide bonds. The zero-order chi connectivity index (χ0) is 16.5. The number of carbonyl (C=O) groups excluding carboxylic acids is 2. The van der Waals surface area contributed by atoms with Gasteiger partial charge in [-0.15, -0.1) is 0 Å². The van der Waals surface area contributed by atoms with Crippen LogP contribution in [0.3, 0.4) is 0 Å². The van der Waals surface area contributed by atoms with Crippen molar-refractivity contribution in [3.05, 3.63) is 65.7 Å². The maximum atomic E-state index is 11.8. The van der Waals surface area contributed by atoms with Gasteiger partial charge in [0.1, 0.15) is 0 Å². The first-order valence-corrected chi connectivity index (χ1v) is 7.45. The lowest BCUT2D eigenvalue weighted by atomic mass is 10.1. The van der Waals surface area contributed by atoms with Gasteiger partial charge >= 0.3 is 11.8 Å². The molecule has 0 atom stereocenters. The van der Waals surface area contributed by atoms with Crippen LogP contribution in [0.15, 0.2) is 59.7 Å². The molecule has 0 unspecified atom stereocenters. The van der Waals surface area contributed by atoms with Gasteiger partial charge in [-0.25, -0.2) is 5.43 Å². The van der Waals surface area contributed by atoms with Crippen LogP contribution in [0.25, 0.3) is 0 Å². The Morgan fingerprint density at radius 2 is 1.70 bits per heavy atom. The predicted octanol–water partition coefficient (Wildman–Crippen LogP) is 2.53. The highest BCUT2D eigenvalue weighted by molar-refractivity contribution is 6.39. The molecule has 0 bridgehead atoms. The lowest BCUT2D eigenvalue weighted by molar-refractivity contribution is -0.136. The Balaban J connectivity index is 1.84. The minimum absolute atomic E-state index is 0.585. The van der Waals surface area contributed by atoms with Crippen LogP contribution in [0.4, 0.5) is 5.69 Å². The van der Waals surface area contributed by atoms with E-state index in [-0.39, 0.29) is 0 Å². The number of carbonyl (C=O) groups is 2. The molecule has 5 nitrogen and oxygen atoms in total. The maximum absolute atomic E-state index is 11.8. The molecule has 0 aromatic heterocycles. The van der Waals surface area contributed by atoms with E-state index < -0.39 is 11.8 Å². The van der Waals surface area contributed by atoms with E-state index >= 15 is 0 Å². The largest absolute Gasteiger partial charge is 0.329 e. The molecular weight excluding hydrogens is 290 g/mol. The van der Waals surface area contributed by atoms with Gasteiger partial charge in [0.15, 0.2) is 0 Å². The van der Waals surface area contributed by atoms with Crippen LogP contribution in [0.5, 0.6) is 0 Å². The highest BCUT2D eigenvalue weighted by Crippen LogP contribution is 2.15. The summed E-state index contributed by atoms with van der Waals surface area (Å²) in [6.07, 6.45) is 2.91. The van der Waals surface area contributed by atoms with Gasteiger partial charge in [-0.2, -0.15) is 5.10 Å². The quantitative estimate of drug-likeness (QED) is 0.506. The second-order valence-corrected chi connectivity index (χ2v) is 4.91. The first-order chi connectivity index (χ1) is 11.2. The number of hydrazone groups is 1. The molecular formula is C18H19N3O2. The molecule has 0 saturated carbocycles. The summed E-state index contributed by atoms with van der Waals surface area (Å²) >= 11 is 0. The highest BCUT2D eigenvalue weighted by Gasteiger charge is 2.13. The van der Waals surface area contributed by atoms with Gasteiger partial charge in [0, 0.05) is 18.3 Å². The smallest absolute Gasteiger partial charge is 0.317 e. The monoisotopic (exact) mass is 309 g/mol. The second kappa shape index (κ2) is 8.48. The average Bonchev–Trinajstić information content (AvgIpc) is 2.60. The molecule has 23 heavy (non-hydrogen) atoms. The van der Waals surface area contributed by atoms with E-state index in [1.54, 1.807) is 12.3 Å². The normalized spacial score (nSPS) is 10.5. The van der Waals surface area contributed by atoms with Crippen LogP contribution in [0, 0.1) is 0 Å². The zero-order valence-electron chi connectivity index (χ0n) is 13.0. The van der Waals surface area contributed by atoms with Crippen LogP contribution < -0.4 is 10.7 Å². The fourth-order valence-electron chi connectivity index (χ4n) is 2.05. The summed E-state index contributed by atoms with van der Waals surface area (Å²) in [5.74, 6) is -1.53. The van der Waals surface area contributed by atoms with E-state index in [1.807, 2.05) is 55.5 Å². The number of nitrogens with zero attached hydrogens (tertiary/aromatic N) is 1. The van der Waals surface area contributed by atoms with Crippen molar-refractivity contribution in [2.24, 2.45) is 5.10 Å². The molecule has 5 heteroatoms. The molecule has 0 saturated heterocycles. The van der Waals surface area contributed by atoms with Crippen molar-refractivity contribution in [1.29, 1.82) is 0 Å². The van der Waals surface area contributed by atoms with E-state index in [2.05, 4.69) is 15.8 Å². The minimum Gasteiger partial charge on any atom is -0.317 e. The highest BCUT2D eigenvalue weighted by atomic mass is 16.2. The lowest BCUT2D eigenvalue weighted by Gasteiger charge is -2.08. The zero-order valence-corrected chi connectivity index (χ0v) is 13.0. The number of anilines is 1. The average molecular weight is 309 g/mol. The third-order valence-electron chi connectivity index (χ3n) is 3.28. The lowest BCUT2D eigenvalue weighted by Crippen LogP contribution is -2.32. The van der Waals surface area contributed by atoms with Gasteiger partial charge in [-0.1, -0.05) is 55.5 Å². The van der Waals surface area contributed by atoms with Crippen molar-refractivity contribution in [3.8, 4) is 0 Å². The predicted molar refractivity (Wildman–Crippen MR) is 91.2 cm³/mol. The first kappa shape index (κ1) is 16.4. The number of aryl methyl sites for hydroxylation is 1. The van der Waals surface area contributed by atoms with Crippen LogP contribution in [0.2, 0.25) is 0 Å². The Labute approximate surface area is 135 Å². The number of amides is 2. The molecule has 0 heterocycles. The van der Waals surface area contributed by atoms with Gasteiger partial charge in [-0.3, -0.25) is 9.59 Å². The number of nitrogens with one attached hydrogen (secondary N) is 2. The fourth-order valence-corrected chi connectivity index (χ4v) is 2.05. The Kier molecular flexibility index (Phi) is 6.06. The molecule has 2 rings (SSSR count). The summed E-state index contributed by atoms with van der Waals surface area (Å²) in [6.45, 7) is 1.99. The van der Waals surface area contributed by atoms with Crippen molar-refractivity contribution < 1.29 is 9.59 Å². The Hall–Kier alpha value is -2.95. The van der Waals surface area contributed by atoms with Crippen molar-refractivity contribution in [1.82, 2.24) is 5.43 Å². The first-order valence-electron chi connectivity index (χ1n) is 7.45. The van der Waals surface area contributed by atoms with E-state index in [0.717, 1.165) is 17.5 Å². The summed E-state index contributed by atoms with van der Waals surface area (Å²) in [6, 6.07) is 17.1. The summed E-state index contributed by atoms with van der Waals surface area (Å²) < 4.78 is 0. The SMILES string of the molecule is CCc1ccccc1NC(=O)C(=O)NN=CCc1ccccc1. The molecule has 0 aliphatic carbocycles. The van der Waals surface area contributed by atoms with E-state index in [9.17, 15) is 9.59 Å². The number of rotatable bonds is 5. The number of hydrogen-bond acceptors (Lipinski definition) is 3. The topological polar surface area (TPSA) is 70.6 Å². The second-order valence-electron chi connectivity index (χ2n) is 4.91. The van der Waals surface area contributed by atoms with E-state index in [1.165, 1.54) is 0 Å². The number of benzene rings is 2. The molecule has 0 fully saturated rings. The van der Waals surface area contributed by atoms with Crippen LogP contribution in [0.1, 0.15) is 18.1 Å². The summed E-state index contributed by atoms with van der Waals surface area (Å²) in [4.78, 5) is 23.6. The molecule has 0 aliphatic heterocycles. The van der Waals surface area contributed by atoms with Crippen molar-refractivity contribution in [3.63, 3.8) is 0 Å². The van der Waals surface area contributed by atoms with Crippen LogP contribution >= 0.6 is 0 Å². The Bertz CT molecular complexity index is 696. The van der Waals surface area contributed by atoms with Gasteiger partial charge in [0.2, 0.25) is 0 Å². The standard InChI is InChI=1S/C18H19N3O2/c1-2-15-10-6-7-11-16(15)20-17(22)18(23)21-19-13-12-14-8-4-3-5-9-14/h3-11,13H,2,12H2,1H3,(H,20,22)(H,21,23). The Morgan fingerprint density at radius 1 is 1.00 bits per heavy atom. The molecule has 2 N–H and O–H groups in total. The fraction of sp³-hybridized carbons (Fsp3) is 0.167. The summed E-state index contributed by atoms with van der Waals surface area (Å²) in [5.41, 5.74) is 4.92. The molecule has 0 radical (unpaired) electrons. The Morgan fingerprint density at radius 3 is 2.43 bits per heavy atom. The maximum Gasteiger partial charge on any atom is 0.329 e. The van der Waals surface area contributed by atoms with Crippen molar-refractivity contribution in [2.75, 3.05) is 5.32 Å². The van der Waals surface area contributed by atoms with Crippen LogP contribution in [-0.2, 0) is 22.4 Å². The van der Waals surface area contributed by atoms with E-state index in [4.69, 9.17) is 0 Å². The molecule has 0 spiro atoms. The van der Waals surface area contributed by atoms with Gasteiger partial charge < -0.3 is 5.32 Å². The van der Waals surface area contributed by atoms with Crippen molar-refractivity contribution in [2.45, 2.75) is 19.8 Å². The van der Waals surface area contributed by atoms with Gasteiger partial charge in [0.05, 0.1) is 0 Å². The third-order valence-corrected chi connectivity index (χ3v) is 3.28. The third kappa shape index (κ3) is 5.07. The van der Waals surface area contributed by atoms with E-state index in [0.29, 0.717) is 12.1 Å². The summed E-state index contributed by atoms with van der Waals surface area (Å²) in [5, 5.41) is 6.38. The van der Waals surface area contributed by atoms with Crippen LogP contribution in [-0.4, -0.2) is 18.0 Å². The number of hydrogen-bond donors (Lipinski definition) is 2. The van der Waals surface area contributed by atoms with Gasteiger partial charge in [-0.05, 0) is 23.6 Å². The molecule has 2 aromatic carbocycles. The molecule has 2 aromatic rings. The molecule has 118 valence electrons. The summed E-state index contributed by atoms with van der Waals surface area (Å²) in [7, 11) is 0. The molecule has 0 aliphatic rings. The minimum atomic E-state index is -0.791. The number of para-hydroxylation sites is 1.